The standard InChI is InChI=1S/C17H22O3/c1-5-6-11(2)7-13-9-14-10-16(17(18)19-4)20-15(14)8-12(13)3/h8-9,16H,2,5-7,10H2,1,3-4H3. The lowest BCUT2D eigenvalue weighted by molar-refractivity contribution is -0.147. The van der Waals surface area contributed by atoms with Crippen molar-refractivity contribution in [3.63, 3.8) is 0 Å². The minimum absolute atomic E-state index is 0.309. The quantitative estimate of drug-likeness (QED) is 0.610. The van der Waals surface area contributed by atoms with Crippen LogP contribution in [-0.2, 0) is 22.4 Å². The molecule has 0 saturated carbocycles. The Morgan fingerprint density at radius 3 is 2.90 bits per heavy atom. The molecule has 0 fully saturated rings. The van der Waals surface area contributed by atoms with Crippen LogP contribution in [0.3, 0.4) is 0 Å². The Bertz CT molecular complexity index is 531. The number of benzene rings is 1. The van der Waals surface area contributed by atoms with Crippen LogP contribution in [0.1, 0.15) is 36.5 Å². The van der Waals surface area contributed by atoms with Crippen LogP contribution in [0.25, 0.3) is 0 Å². The summed E-state index contributed by atoms with van der Waals surface area (Å²) in [6.07, 6.45) is 3.17. The van der Waals surface area contributed by atoms with Crippen molar-refractivity contribution in [3.8, 4) is 5.75 Å². The largest absolute Gasteiger partial charge is 0.478 e. The molecule has 0 saturated heterocycles. The van der Waals surface area contributed by atoms with E-state index >= 15 is 0 Å². The van der Waals surface area contributed by atoms with Crippen LogP contribution in [0.2, 0.25) is 0 Å². The number of carbonyl (C=O) groups is 1. The van der Waals surface area contributed by atoms with Gasteiger partial charge in [-0.05, 0) is 42.5 Å². The van der Waals surface area contributed by atoms with Crippen LogP contribution < -0.4 is 4.74 Å². The smallest absolute Gasteiger partial charge is 0.347 e. The van der Waals surface area contributed by atoms with Gasteiger partial charge >= 0.3 is 5.97 Å². The minimum atomic E-state index is -0.497. The van der Waals surface area contributed by atoms with Crippen molar-refractivity contribution in [1.82, 2.24) is 0 Å². The minimum Gasteiger partial charge on any atom is -0.478 e. The Morgan fingerprint density at radius 1 is 1.50 bits per heavy atom. The third-order valence-corrected chi connectivity index (χ3v) is 3.70. The maximum Gasteiger partial charge on any atom is 0.347 e. The summed E-state index contributed by atoms with van der Waals surface area (Å²) in [4.78, 5) is 11.6. The zero-order valence-electron chi connectivity index (χ0n) is 12.5. The molecule has 0 bridgehead atoms. The molecular formula is C17H22O3. The molecule has 0 spiro atoms. The number of esters is 1. The number of aryl methyl sites for hydroxylation is 1. The van der Waals surface area contributed by atoms with E-state index in [1.807, 2.05) is 6.07 Å². The lowest BCUT2D eigenvalue weighted by Crippen LogP contribution is -2.26. The number of methoxy groups -OCH3 is 1. The van der Waals surface area contributed by atoms with Crippen LogP contribution in [0.4, 0.5) is 0 Å². The molecule has 3 heteroatoms. The van der Waals surface area contributed by atoms with Gasteiger partial charge in [-0.2, -0.15) is 0 Å². The van der Waals surface area contributed by atoms with Gasteiger partial charge < -0.3 is 9.47 Å². The summed E-state index contributed by atoms with van der Waals surface area (Å²) in [5, 5.41) is 0. The Morgan fingerprint density at radius 2 is 2.25 bits per heavy atom. The third kappa shape index (κ3) is 3.03. The first-order valence-electron chi connectivity index (χ1n) is 7.08. The highest BCUT2D eigenvalue weighted by molar-refractivity contribution is 5.76. The van der Waals surface area contributed by atoms with Crippen molar-refractivity contribution in [2.24, 2.45) is 0 Å². The number of hydrogen-bond acceptors (Lipinski definition) is 3. The van der Waals surface area contributed by atoms with Gasteiger partial charge in [0.05, 0.1) is 7.11 Å². The molecule has 0 amide bonds. The molecule has 0 aromatic heterocycles. The molecule has 0 N–H and O–H groups in total. The number of ether oxygens (including phenoxy) is 2. The zero-order valence-corrected chi connectivity index (χ0v) is 12.5. The number of rotatable bonds is 5. The highest BCUT2D eigenvalue weighted by Gasteiger charge is 2.30. The lowest BCUT2D eigenvalue weighted by Gasteiger charge is -2.10. The lowest BCUT2D eigenvalue weighted by atomic mass is 9.96. The SMILES string of the molecule is C=C(CCC)Cc1cc2c(cc1C)OC(C(=O)OC)C2. The van der Waals surface area contributed by atoms with Gasteiger partial charge in [0.1, 0.15) is 5.75 Å². The monoisotopic (exact) mass is 274 g/mol. The Hall–Kier alpha value is -1.77. The maximum absolute atomic E-state index is 11.6. The number of fused-ring (bicyclic) bond motifs is 1. The van der Waals surface area contributed by atoms with E-state index in [9.17, 15) is 4.79 Å². The van der Waals surface area contributed by atoms with Gasteiger partial charge in [-0.1, -0.05) is 31.6 Å². The van der Waals surface area contributed by atoms with Crippen molar-refractivity contribution in [1.29, 1.82) is 0 Å². The van der Waals surface area contributed by atoms with Gasteiger partial charge in [-0.15, -0.1) is 0 Å². The average Bonchev–Trinajstić information content (AvgIpc) is 2.81. The normalized spacial score (nSPS) is 16.4. The van der Waals surface area contributed by atoms with E-state index in [1.165, 1.54) is 23.8 Å². The van der Waals surface area contributed by atoms with Gasteiger partial charge in [-0.25, -0.2) is 4.79 Å². The van der Waals surface area contributed by atoms with E-state index in [-0.39, 0.29) is 5.97 Å². The van der Waals surface area contributed by atoms with Gasteiger partial charge in [-0.3, -0.25) is 0 Å². The molecule has 0 aliphatic carbocycles. The maximum atomic E-state index is 11.6. The number of allylic oxidation sites excluding steroid dienone is 1. The predicted molar refractivity (Wildman–Crippen MR) is 79.1 cm³/mol. The summed E-state index contributed by atoms with van der Waals surface area (Å²) < 4.78 is 10.4. The molecule has 108 valence electrons. The summed E-state index contributed by atoms with van der Waals surface area (Å²) in [6.45, 7) is 8.36. The highest BCUT2D eigenvalue weighted by atomic mass is 16.6. The fraction of sp³-hybridized carbons (Fsp3) is 0.471. The number of carbonyl (C=O) groups excluding carboxylic acids is 1. The van der Waals surface area contributed by atoms with Crippen LogP contribution in [-0.4, -0.2) is 19.2 Å². The summed E-state index contributed by atoms with van der Waals surface area (Å²) in [7, 11) is 1.39. The molecular weight excluding hydrogens is 252 g/mol. The van der Waals surface area contributed by atoms with Crippen molar-refractivity contribution in [2.75, 3.05) is 7.11 Å². The fourth-order valence-corrected chi connectivity index (χ4v) is 2.61. The van der Waals surface area contributed by atoms with Gasteiger partial charge in [0.25, 0.3) is 0 Å². The van der Waals surface area contributed by atoms with Crippen LogP contribution >= 0.6 is 0 Å². The molecule has 3 nitrogen and oxygen atoms in total. The van der Waals surface area contributed by atoms with Crippen molar-refractivity contribution in [3.05, 3.63) is 41.0 Å². The summed E-state index contributed by atoms with van der Waals surface area (Å²) in [6, 6.07) is 4.17. The van der Waals surface area contributed by atoms with Crippen LogP contribution in [0, 0.1) is 6.92 Å². The second kappa shape index (κ2) is 6.12. The van der Waals surface area contributed by atoms with Gasteiger partial charge in [0, 0.05) is 6.42 Å². The molecule has 1 unspecified atom stereocenters. The Balaban J connectivity index is 2.17. The summed E-state index contributed by atoms with van der Waals surface area (Å²) in [5.74, 6) is 0.499. The zero-order chi connectivity index (χ0) is 14.7. The Kier molecular flexibility index (Phi) is 4.48. The van der Waals surface area contributed by atoms with E-state index in [4.69, 9.17) is 9.47 Å². The molecule has 20 heavy (non-hydrogen) atoms. The van der Waals surface area contributed by atoms with E-state index < -0.39 is 6.10 Å². The molecule has 1 heterocycles. The summed E-state index contributed by atoms with van der Waals surface area (Å²) >= 11 is 0. The van der Waals surface area contributed by atoms with Crippen LogP contribution in [0.5, 0.6) is 5.75 Å². The molecule has 0 radical (unpaired) electrons. The van der Waals surface area contributed by atoms with E-state index in [0.717, 1.165) is 30.6 Å². The molecule has 2 rings (SSSR count). The molecule has 1 aromatic rings. The molecule has 1 atom stereocenters. The van der Waals surface area contributed by atoms with E-state index in [1.54, 1.807) is 0 Å². The second-order valence-electron chi connectivity index (χ2n) is 5.40. The highest BCUT2D eigenvalue weighted by Crippen LogP contribution is 2.33. The first-order chi connectivity index (χ1) is 9.55. The topological polar surface area (TPSA) is 35.5 Å². The van der Waals surface area contributed by atoms with Gasteiger partial charge in [0.15, 0.2) is 6.10 Å². The van der Waals surface area contributed by atoms with Crippen molar-refractivity contribution < 1.29 is 14.3 Å². The second-order valence-corrected chi connectivity index (χ2v) is 5.40. The average molecular weight is 274 g/mol. The third-order valence-electron chi connectivity index (χ3n) is 3.70. The molecule has 1 aromatic carbocycles. The fourth-order valence-electron chi connectivity index (χ4n) is 2.61. The van der Waals surface area contributed by atoms with Gasteiger partial charge in [0.2, 0.25) is 0 Å². The first-order valence-corrected chi connectivity index (χ1v) is 7.08. The molecule has 1 aliphatic heterocycles. The Labute approximate surface area is 120 Å². The van der Waals surface area contributed by atoms with E-state index in [0.29, 0.717) is 6.42 Å². The van der Waals surface area contributed by atoms with E-state index in [2.05, 4.69) is 26.5 Å². The van der Waals surface area contributed by atoms with Crippen molar-refractivity contribution >= 4 is 5.97 Å². The van der Waals surface area contributed by atoms with Crippen LogP contribution in [0.15, 0.2) is 24.3 Å². The predicted octanol–water partition coefficient (Wildman–Crippen LogP) is 3.37. The summed E-state index contributed by atoms with van der Waals surface area (Å²) in [5.41, 5.74) is 4.80. The molecule has 1 aliphatic rings. The first kappa shape index (κ1) is 14.6. The van der Waals surface area contributed by atoms with Crippen molar-refractivity contribution in [2.45, 2.75) is 45.6 Å². The number of hydrogen-bond donors (Lipinski definition) is 0.